The van der Waals surface area contributed by atoms with E-state index in [1.165, 1.54) is 61.3 Å². The van der Waals surface area contributed by atoms with Gasteiger partial charge in [0.15, 0.2) is 11.6 Å². The van der Waals surface area contributed by atoms with Crippen molar-refractivity contribution in [1.29, 1.82) is 0 Å². The molecule has 3 aromatic carbocycles. The number of benzene rings is 3. The molecule has 14 nitrogen and oxygen atoms in total. The van der Waals surface area contributed by atoms with Crippen molar-refractivity contribution in [2.24, 2.45) is 74.9 Å². The number of aliphatic hydroxyl groups is 2. The van der Waals surface area contributed by atoms with Crippen molar-refractivity contribution in [3.63, 3.8) is 0 Å². The first kappa shape index (κ1) is 81.3. The Kier molecular flexibility index (Phi) is 25.2. The molecule has 6 aliphatic rings. The Morgan fingerprint density at radius 1 is 0.486 bits per heavy atom. The standard InChI is InChI=1S/C28H39F3N4.C27H37ClF2N4O.C27H37F3N4O/c1-19(14-17-28(30,31)26(2,3)4)22-12-13-23-20(9-8-16-27(22,23)5)15-18-35-25(32-33-34-35)21-10-6-7-11-24(21)29;1-18(13-16-27(29,30)25(2,3)35)21-11-12-22-19(8-7-15-26(21,22)4)14-17-34-24(31-32-33-34)20-9-5-6-10-23(20)28;1-18(13-16-27(29,30)25(2,3)35)21-11-12-22-19(8-7-15-26(21,22)4)14-17-34-32-24(31-33-34)20-9-5-6-10-23(20)28/h6-7,10-11,15,19,22-23H,8-9,12-14,16-18H2,1-5H3;2*5-6,9-10,14,18,21-22,35H,7-8,11-13,15-17H2,1-4H3/b20-15+;2*19-14+/t19-,22-,23+,27-;2*18-,21-,22+,26-/m111/s1. The molecule has 2 N–H and O–H groups in total. The minimum Gasteiger partial charge on any atom is -0.384 e. The van der Waals surface area contributed by atoms with Gasteiger partial charge in [-0.25, -0.2) is 44.5 Å². The minimum atomic E-state index is -3.09. The van der Waals surface area contributed by atoms with Crippen LogP contribution in [-0.2, 0) is 19.6 Å². The molecule has 3 heterocycles. The zero-order chi connectivity index (χ0) is 76.3. The molecule has 0 spiro atoms. The lowest BCUT2D eigenvalue weighted by Crippen LogP contribution is -2.43. The van der Waals surface area contributed by atoms with E-state index in [0.29, 0.717) is 102 Å². The van der Waals surface area contributed by atoms with Gasteiger partial charge in [-0.3, -0.25) is 0 Å². The molecule has 576 valence electrons. The molecule has 6 aromatic rings. The predicted molar refractivity (Wildman–Crippen MR) is 396 cm³/mol. The van der Waals surface area contributed by atoms with Crippen molar-refractivity contribution in [2.45, 2.75) is 273 Å². The average molecular weight is 1490 g/mol. The molecular formula is C82H113ClF8N12O2. The summed E-state index contributed by atoms with van der Waals surface area (Å²) in [6.07, 6.45) is 23.7. The first-order valence-corrected chi connectivity index (χ1v) is 38.9. The largest absolute Gasteiger partial charge is 0.384 e. The van der Waals surface area contributed by atoms with Crippen LogP contribution in [0.4, 0.5) is 35.1 Å². The topological polar surface area (TPSA) is 171 Å². The Morgan fingerprint density at radius 3 is 1.24 bits per heavy atom. The van der Waals surface area contributed by atoms with E-state index in [9.17, 15) is 45.3 Å². The van der Waals surface area contributed by atoms with Crippen LogP contribution in [0.15, 0.2) is 108 Å². The summed E-state index contributed by atoms with van der Waals surface area (Å²) in [5, 5.41) is 57.0. The third-order valence-corrected chi connectivity index (χ3v) is 26.6. The summed E-state index contributed by atoms with van der Waals surface area (Å²) >= 11 is 6.37. The fraction of sp³-hybridized carbons (Fsp3) is 0.671. The van der Waals surface area contributed by atoms with Gasteiger partial charge in [-0.2, -0.15) is 4.80 Å². The van der Waals surface area contributed by atoms with E-state index in [1.54, 1.807) is 66.5 Å². The predicted octanol–water partition coefficient (Wildman–Crippen LogP) is 21.1. The molecule has 23 heteroatoms. The number of hydrogen-bond acceptors (Lipinski definition) is 11. The number of fused-ring (bicyclic) bond motifs is 3. The average Bonchev–Trinajstić information content (AvgIpc) is 1.63. The van der Waals surface area contributed by atoms with Crippen molar-refractivity contribution < 1.29 is 45.3 Å². The molecule has 0 radical (unpaired) electrons. The molecule has 12 rings (SSSR count). The molecule has 6 saturated carbocycles. The van der Waals surface area contributed by atoms with Crippen LogP contribution in [0, 0.1) is 86.6 Å². The second-order valence-corrected chi connectivity index (χ2v) is 35.0. The van der Waals surface area contributed by atoms with Gasteiger partial charge in [-0.1, -0.05) is 145 Å². The van der Waals surface area contributed by atoms with Gasteiger partial charge in [-0.05, 0) is 275 Å². The maximum Gasteiger partial charge on any atom is 0.275 e. The van der Waals surface area contributed by atoms with Crippen LogP contribution < -0.4 is 0 Å². The van der Waals surface area contributed by atoms with Crippen LogP contribution in [-0.4, -0.2) is 99.8 Å². The quantitative estimate of drug-likeness (QED) is 0.0462. The van der Waals surface area contributed by atoms with Gasteiger partial charge in [0.05, 0.1) is 35.8 Å². The molecular weight excluding hydrogens is 1370 g/mol. The highest BCUT2D eigenvalue weighted by Gasteiger charge is 2.55. The number of halogens is 9. The minimum absolute atomic E-state index is 0.0459. The third-order valence-electron chi connectivity index (χ3n) is 26.2. The van der Waals surface area contributed by atoms with Crippen LogP contribution in [0.5, 0.6) is 0 Å². The highest BCUT2D eigenvalue weighted by molar-refractivity contribution is 6.33. The Labute approximate surface area is 621 Å². The second kappa shape index (κ2) is 32.5. The SMILES string of the molecule is C[C@H](CCC(F)(F)C(C)(C)C)[C@H]1CC[C@H]2/C(=C/Cn3nnnc3-c3ccccc3F)CCC[C@]12C.C[C@H](CCC(F)(F)C(C)(C)O)[C@H]1CC[C@H]2/C(=C/Cn3nnc(-c4ccccc4F)n3)CCC[C@]12C.C[C@H](CCC(F)(F)C(C)(C)O)[C@H]1CC[C@H]2/C(=C/Cn3nnnc3-c3ccccc3Cl)CCC[C@]12C. The van der Waals surface area contributed by atoms with Gasteiger partial charge < -0.3 is 10.2 Å². The van der Waals surface area contributed by atoms with E-state index < -0.39 is 34.4 Å². The molecule has 3 aromatic heterocycles. The molecule has 0 aliphatic heterocycles. The number of nitrogens with zero attached hydrogens (tertiary/aromatic N) is 12. The number of tetrazole rings is 3. The molecule has 0 amide bonds. The summed E-state index contributed by atoms with van der Waals surface area (Å²) < 4.78 is 119. The highest BCUT2D eigenvalue weighted by atomic mass is 35.5. The molecule has 105 heavy (non-hydrogen) atoms. The molecule has 6 aliphatic carbocycles. The molecule has 6 fully saturated rings. The molecule has 0 unspecified atom stereocenters. The smallest absolute Gasteiger partial charge is 0.275 e. The molecule has 0 saturated heterocycles. The van der Waals surface area contributed by atoms with Crippen LogP contribution in [0.2, 0.25) is 5.02 Å². The van der Waals surface area contributed by atoms with Crippen molar-refractivity contribution in [3.8, 4) is 34.2 Å². The number of rotatable bonds is 23. The summed E-state index contributed by atoms with van der Waals surface area (Å²) in [4.78, 5) is 1.49. The van der Waals surface area contributed by atoms with Crippen LogP contribution in [0.25, 0.3) is 34.2 Å². The first-order chi connectivity index (χ1) is 49.3. The Hall–Kier alpha value is -6.26. The lowest BCUT2D eigenvalue weighted by molar-refractivity contribution is -0.168. The van der Waals surface area contributed by atoms with E-state index in [2.05, 4.69) is 106 Å². The van der Waals surface area contributed by atoms with Gasteiger partial charge in [0.25, 0.3) is 17.8 Å². The van der Waals surface area contributed by atoms with E-state index in [1.807, 2.05) is 24.3 Å². The maximum absolute atomic E-state index is 14.6. The summed E-state index contributed by atoms with van der Waals surface area (Å²) in [7, 11) is 0. The Bertz CT molecular complexity index is 3810. The number of hydrogen-bond donors (Lipinski definition) is 2. The summed E-state index contributed by atoms with van der Waals surface area (Å²) in [6, 6.07) is 20.5. The normalized spacial score (nSPS) is 27.3. The van der Waals surface area contributed by atoms with Crippen molar-refractivity contribution in [2.75, 3.05) is 0 Å². The Morgan fingerprint density at radius 2 is 0.848 bits per heavy atom. The van der Waals surface area contributed by atoms with E-state index >= 15 is 0 Å². The van der Waals surface area contributed by atoms with Crippen LogP contribution >= 0.6 is 11.6 Å². The lowest BCUT2D eigenvalue weighted by Gasteiger charge is -2.45. The van der Waals surface area contributed by atoms with Crippen molar-refractivity contribution >= 4 is 11.6 Å². The Balaban J connectivity index is 0.000000169. The summed E-state index contributed by atoms with van der Waals surface area (Å²) in [5.41, 5.74) is 1.12. The van der Waals surface area contributed by atoms with Gasteiger partial charge in [0, 0.05) is 30.2 Å². The summed E-state index contributed by atoms with van der Waals surface area (Å²) in [6.45, 7) is 24.7. The molecule has 12 atom stereocenters. The van der Waals surface area contributed by atoms with Crippen molar-refractivity contribution in [1.82, 2.24) is 60.6 Å². The fourth-order valence-electron chi connectivity index (χ4n) is 19.6. The maximum atomic E-state index is 14.6. The van der Waals surface area contributed by atoms with E-state index in [4.69, 9.17) is 11.6 Å². The van der Waals surface area contributed by atoms with Gasteiger partial charge in [0.2, 0.25) is 5.82 Å². The number of allylic oxidation sites excluding steroid dienone is 6. The zero-order valence-electron chi connectivity index (χ0n) is 64.0. The number of alkyl halides is 6. The van der Waals surface area contributed by atoms with Gasteiger partial charge in [0.1, 0.15) is 22.8 Å². The van der Waals surface area contributed by atoms with Crippen molar-refractivity contribution in [3.05, 3.63) is 124 Å². The van der Waals surface area contributed by atoms with E-state index in [0.717, 1.165) is 102 Å². The first-order valence-electron chi connectivity index (χ1n) is 38.5. The monoisotopic (exact) mass is 1480 g/mol. The fourth-order valence-corrected chi connectivity index (χ4v) is 19.8. The lowest BCUT2D eigenvalue weighted by atomic mass is 9.60. The van der Waals surface area contributed by atoms with Crippen LogP contribution in [0.1, 0.15) is 225 Å². The van der Waals surface area contributed by atoms with Crippen LogP contribution in [0.3, 0.4) is 0 Å². The zero-order valence-corrected chi connectivity index (χ0v) is 64.7. The number of aromatic nitrogens is 12. The van der Waals surface area contributed by atoms with E-state index in [-0.39, 0.29) is 70.7 Å². The second-order valence-electron chi connectivity index (χ2n) is 34.6. The molecule has 0 bridgehead atoms. The van der Waals surface area contributed by atoms with Gasteiger partial charge in [-0.15, -0.1) is 20.4 Å². The van der Waals surface area contributed by atoms with Gasteiger partial charge >= 0.3 is 0 Å². The third kappa shape index (κ3) is 17.9. The highest BCUT2D eigenvalue weighted by Crippen LogP contribution is 2.63. The summed E-state index contributed by atoms with van der Waals surface area (Å²) in [5.74, 6) is -5.00.